The van der Waals surface area contributed by atoms with E-state index >= 15 is 0 Å². The van der Waals surface area contributed by atoms with E-state index < -0.39 is 10.0 Å². The second-order valence-corrected chi connectivity index (χ2v) is 11.2. The van der Waals surface area contributed by atoms with Crippen LogP contribution in [0.5, 0.6) is 0 Å². The number of nitrogens with zero attached hydrogens (tertiary/aromatic N) is 4. The van der Waals surface area contributed by atoms with Crippen molar-refractivity contribution in [2.24, 2.45) is 15.4 Å². The first kappa shape index (κ1) is 26.4. The number of benzene rings is 2. The van der Waals surface area contributed by atoms with Crippen molar-refractivity contribution in [3.63, 3.8) is 0 Å². The van der Waals surface area contributed by atoms with E-state index in [0.717, 1.165) is 42.9 Å². The van der Waals surface area contributed by atoms with E-state index in [2.05, 4.69) is 9.89 Å². The maximum atomic E-state index is 13.0. The molecule has 0 saturated carbocycles. The fourth-order valence-electron chi connectivity index (χ4n) is 4.44. The standard InChI is InChI=1S/C24H29ClN4O2S.C2H6/c1-18-4-10-22(11-5-18)32(30,31)29-14-12-24(13-15-29)16-28(17-24)19(2)27-23(26-3)20-6-8-21(25)9-7-20;1-2/h4-11H,12-17H2,1-3H3;1-2H3. The van der Waals surface area contributed by atoms with Gasteiger partial charge in [0.05, 0.1) is 4.90 Å². The largest absolute Gasteiger partial charge is 0.359 e. The van der Waals surface area contributed by atoms with E-state index in [0.29, 0.717) is 28.8 Å². The Bertz CT molecular complexity index is 1130. The van der Waals surface area contributed by atoms with Gasteiger partial charge in [0.1, 0.15) is 5.84 Å². The fraction of sp³-hybridized carbons (Fsp3) is 0.462. The molecule has 4 rings (SSSR count). The Hall–Kier alpha value is -2.22. The lowest BCUT2D eigenvalue weighted by molar-refractivity contribution is 0.0105. The number of aryl methyl sites for hydroxylation is 1. The summed E-state index contributed by atoms with van der Waals surface area (Å²) in [5.41, 5.74) is 2.15. The van der Waals surface area contributed by atoms with Crippen LogP contribution >= 0.6 is 11.6 Å². The third-order valence-corrected chi connectivity index (χ3v) is 8.70. The lowest BCUT2D eigenvalue weighted by Gasteiger charge is -2.54. The normalized spacial score (nSPS) is 18.8. The second kappa shape index (κ2) is 11.0. The van der Waals surface area contributed by atoms with Gasteiger partial charge in [-0.2, -0.15) is 4.31 Å². The Morgan fingerprint density at radius 3 is 2.06 bits per heavy atom. The molecule has 6 nitrogen and oxygen atoms in total. The SMILES string of the molecule is CC.CN=C(N=C(C)N1CC2(CCN(S(=O)(=O)c3ccc(C)cc3)CC2)C1)c1ccc(Cl)cc1. The summed E-state index contributed by atoms with van der Waals surface area (Å²) in [6, 6.07) is 14.6. The Morgan fingerprint density at radius 2 is 1.53 bits per heavy atom. The van der Waals surface area contributed by atoms with E-state index in [1.165, 1.54) is 0 Å². The van der Waals surface area contributed by atoms with Crippen molar-refractivity contribution in [1.29, 1.82) is 0 Å². The quantitative estimate of drug-likeness (QED) is 0.425. The molecule has 0 bridgehead atoms. The van der Waals surface area contributed by atoms with Crippen LogP contribution in [-0.2, 0) is 10.0 Å². The lowest BCUT2D eigenvalue weighted by atomic mass is 9.72. The molecular weight excluding hydrogens is 468 g/mol. The average Bonchev–Trinajstić information content (AvgIpc) is 2.83. The molecule has 0 radical (unpaired) electrons. The molecule has 0 aromatic heterocycles. The zero-order chi connectivity index (χ0) is 24.9. The molecule has 184 valence electrons. The van der Waals surface area contributed by atoms with Gasteiger partial charge >= 0.3 is 0 Å². The molecule has 0 unspecified atom stereocenters. The topological polar surface area (TPSA) is 65.3 Å². The molecule has 2 aromatic rings. The van der Waals surface area contributed by atoms with Gasteiger partial charge in [0.15, 0.2) is 5.84 Å². The van der Waals surface area contributed by atoms with Crippen LogP contribution in [0.15, 0.2) is 63.4 Å². The van der Waals surface area contributed by atoms with Crippen molar-refractivity contribution in [3.8, 4) is 0 Å². The number of likely N-dealkylation sites (tertiary alicyclic amines) is 1. The Labute approximate surface area is 209 Å². The lowest BCUT2D eigenvalue weighted by Crippen LogP contribution is -2.61. The van der Waals surface area contributed by atoms with Crippen LogP contribution in [0.1, 0.15) is 44.7 Å². The van der Waals surface area contributed by atoms with E-state index in [4.69, 9.17) is 16.6 Å². The number of aliphatic imine (C=N–C) groups is 2. The van der Waals surface area contributed by atoms with Crippen LogP contribution in [0.2, 0.25) is 5.02 Å². The third kappa shape index (κ3) is 5.70. The van der Waals surface area contributed by atoms with Crippen LogP contribution in [0.4, 0.5) is 0 Å². The predicted molar refractivity (Wildman–Crippen MR) is 142 cm³/mol. The molecule has 34 heavy (non-hydrogen) atoms. The molecule has 0 aliphatic carbocycles. The van der Waals surface area contributed by atoms with Gasteiger partial charge in [-0.15, -0.1) is 0 Å². The zero-order valence-electron chi connectivity index (χ0n) is 20.8. The number of halogens is 1. The predicted octanol–water partition coefficient (Wildman–Crippen LogP) is 5.26. The Morgan fingerprint density at radius 1 is 0.971 bits per heavy atom. The van der Waals surface area contributed by atoms with Gasteiger partial charge in [-0.1, -0.05) is 43.1 Å². The minimum absolute atomic E-state index is 0.167. The van der Waals surface area contributed by atoms with Crippen molar-refractivity contribution in [3.05, 3.63) is 64.7 Å². The molecule has 2 aliphatic heterocycles. The molecule has 0 amide bonds. The molecule has 1 spiro atoms. The highest BCUT2D eigenvalue weighted by Crippen LogP contribution is 2.41. The number of hydrogen-bond donors (Lipinski definition) is 0. The molecule has 2 heterocycles. The van der Waals surface area contributed by atoms with Crippen molar-refractivity contribution < 1.29 is 8.42 Å². The molecule has 0 atom stereocenters. The van der Waals surface area contributed by atoms with E-state index in [9.17, 15) is 8.42 Å². The first-order chi connectivity index (χ1) is 16.2. The van der Waals surface area contributed by atoms with Crippen LogP contribution < -0.4 is 0 Å². The number of piperidine rings is 1. The highest BCUT2D eigenvalue weighted by molar-refractivity contribution is 7.89. The number of rotatable bonds is 3. The highest BCUT2D eigenvalue weighted by atomic mass is 35.5. The summed E-state index contributed by atoms with van der Waals surface area (Å²) in [5.74, 6) is 1.61. The van der Waals surface area contributed by atoms with Gasteiger partial charge in [0, 0.05) is 49.2 Å². The van der Waals surface area contributed by atoms with Gasteiger partial charge in [0.25, 0.3) is 0 Å². The van der Waals surface area contributed by atoms with Gasteiger partial charge in [-0.25, -0.2) is 13.4 Å². The Kier molecular flexibility index (Phi) is 8.55. The van der Waals surface area contributed by atoms with Crippen LogP contribution in [0.3, 0.4) is 0 Å². The molecular formula is C26H35ClN4O2S. The Balaban J connectivity index is 0.00000158. The van der Waals surface area contributed by atoms with Crippen molar-refractivity contribution in [2.75, 3.05) is 33.2 Å². The zero-order valence-corrected chi connectivity index (χ0v) is 22.3. The molecule has 2 fully saturated rings. The third-order valence-electron chi connectivity index (χ3n) is 6.53. The molecule has 2 aromatic carbocycles. The smallest absolute Gasteiger partial charge is 0.243 e. The van der Waals surface area contributed by atoms with E-state index in [1.807, 2.05) is 64.1 Å². The summed E-state index contributed by atoms with van der Waals surface area (Å²) in [7, 11) is -1.69. The number of sulfonamides is 1. The summed E-state index contributed by atoms with van der Waals surface area (Å²) < 4.78 is 27.6. The fourth-order valence-corrected chi connectivity index (χ4v) is 6.00. The maximum absolute atomic E-state index is 13.0. The van der Waals surface area contributed by atoms with Crippen LogP contribution in [-0.4, -0.2) is 62.5 Å². The van der Waals surface area contributed by atoms with Crippen LogP contribution in [0.25, 0.3) is 0 Å². The van der Waals surface area contributed by atoms with E-state index in [1.54, 1.807) is 23.5 Å². The number of amidine groups is 2. The molecule has 2 saturated heterocycles. The molecule has 2 aliphatic rings. The molecule has 0 N–H and O–H groups in total. The minimum Gasteiger partial charge on any atom is -0.359 e. The summed E-state index contributed by atoms with van der Waals surface area (Å²) in [6.07, 6.45) is 1.74. The highest BCUT2D eigenvalue weighted by Gasteiger charge is 2.47. The average molecular weight is 503 g/mol. The first-order valence-electron chi connectivity index (χ1n) is 11.8. The van der Waals surface area contributed by atoms with Gasteiger partial charge in [0.2, 0.25) is 10.0 Å². The summed E-state index contributed by atoms with van der Waals surface area (Å²) in [5, 5.41) is 0.685. The van der Waals surface area contributed by atoms with Crippen LogP contribution in [0, 0.1) is 12.3 Å². The van der Waals surface area contributed by atoms with Gasteiger partial charge < -0.3 is 4.90 Å². The maximum Gasteiger partial charge on any atom is 0.243 e. The monoisotopic (exact) mass is 502 g/mol. The van der Waals surface area contributed by atoms with Crippen molar-refractivity contribution in [1.82, 2.24) is 9.21 Å². The summed E-state index contributed by atoms with van der Waals surface area (Å²) in [6.45, 7) is 10.9. The summed E-state index contributed by atoms with van der Waals surface area (Å²) >= 11 is 5.98. The van der Waals surface area contributed by atoms with Crippen molar-refractivity contribution in [2.45, 2.75) is 45.4 Å². The summed E-state index contributed by atoms with van der Waals surface area (Å²) in [4.78, 5) is 11.7. The van der Waals surface area contributed by atoms with E-state index in [-0.39, 0.29) is 5.41 Å². The van der Waals surface area contributed by atoms with Crippen molar-refractivity contribution >= 4 is 33.3 Å². The second-order valence-electron chi connectivity index (χ2n) is 8.79. The first-order valence-corrected chi connectivity index (χ1v) is 13.6. The van der Waals surface area contributed by atoms with Gasteiger partial charge in [-0.05, 0) is 63.1 Å². The van der Waals surface area contributed by atoms with Gasteiger partial charge in [-0.3, -0.25) is 4.99 Å². The molecule has 8 heteroatoms. The minimum atomic E-state index is -3.43. The number of hydrogen-bond acceptors (Lipinski definition) is 3.